The van der Waals surface area contributed by atoms with E-state index in [0.717, 1.165) is 5.56 Å². The van der Waals surface area contributed by atoms with Crippen LogP contribution in [-0.2, 0) is 9.53 Å². The van der Waals surface area contributed by atoms with Crippen LogP contribution in [0.3, 0.4) is 0 Å². The van der Waals surface area contributed by atoms with Crippen molar-refractivity contribution in [3.8, 4) is 11.8 Å². The maximum Gasteiger partial charge on any atom is 0.317 e. The first-order chi connectivity index (χ1) is 8.31. The van der Waals surface area contributed by atoms with Crippen LogP contribution >= 0.6 is 11.3 Å². The molecule has 17 heavy (non-hydrogen) atoms. The summed E-state index contributed by atoms with van der Waals surface area (Å²) in [4.78, 5) is 11.1. The fourth-order valence-corrected chi connectivity index (χ4v) is 2.38. The lowest BCUT2D eigenvalue weighted by Crippen LogP contribution is -2.01. The highest BCUT2D eigenvalue weighted by atomic mass is 32.1. The van der Waals surface area contributed by atoms with Crippen LogP contribution in [0.5, 0.6) is 0 Å². The summed E-state index contributed by atoms with van der Waals surface area (Å²) in [5, 5.41) is 3.24. The molecule has 2 rings (SSSR count). The van der Waals surface area contributed by atoms with Gasteiger partial charge in [0, 0.05) is 10.3 Å². The number of ether oxygens (including phenoxy) is 1. The molecule has 0 bridgehead atoms. The van der Waals surface area contributed by atoms with Gasteiger partial charge in [-0.15, -0.1) is 11.3 Å². The zero-order chi connectivity index (χ0) is 12.1. The fourth-order valence-electron chi connectivity index (χ4n) is 1.52. The molecule has 0 spiro atoms. The molecule has 0 amide bonds. The van der Waals surface area contributed by atoms with Gasteiger partial charge in [-0.05, 0) is 29.8 Å². The molecular weight excluding hydrogens is 232 g/mol. The predicted octanol–water partition coefficient (Wildman–Crippen LogP) is 3.21. The molecule has 0 N–H and O–H groups in total. The molecule has 1 aromatic carbocycles. The molecule has 0 aliphatic carbocycles. The molecule has 2 aromatic rings. The Morgan fingerprint density at radius 1 is 1.41 bits per heavy atom. The van der Waals surface area contributed by atoms with Gasteiger partial charge in [-0.25, -0.2) is 0 Å². The van der Waals surface area contributed by atoms with Gasteiger partial charge in [0.05, 0.1) is 6.61 Å². The number of benzene rings is 1. The summed E-state index contributed by atoms with van der Waals surface area (Å²) in [6.45, 7) is 2.19. The largest absolute Gasteiger partial charge is 0.465 e. The quantitative estimate of drug-likeness (QED) is 0.599. The summed E-state index contributed by atoms with van der Waals surface area (Å²) < 4.78 is 5.98. The topological polar surface area (TPSA) is 26.3 Å². The van der Waals surface area contributed by atoms with Crippen molar-refractivity contribution >= 4 is 27.4 Å². The average Bonchev–Trinajstić information content (AvgIpc) is 2.78. The average molecular weight is 244 g/mol. The van der Waals surface area contributed by atoms with Crippen LogP contribution in [0, 0.1) is 11.8 Å². The molecule has 0 aliphatic heterocycles. The molecule has 1 heterocycles. The SMILES string of the molecule is CCOC(=O)CC#Cc1cccc2ccsc12. The van der Waals surface area contributed by atoms with Gasteiger partial charge in [-0.3, -0.25) is 4.79 Å². The van der Waals surface area contributed by atoms with Gasteiger partial charge in [0.15, 0.2) is 0 Å². The van der Waals surface area contributed by atoms with Crippen LogP contribution in [0.1, 0.15) is 18.9 Å². The Labute approximate surface area is 104 Å². The molecule has 0 radical (unpaired) electrons. The minimum atomic E-state index is -0.265. The van der Waals surface area contributed by atoms with E-state index in [0.29, 0.717) is 6.61 Å². The van der Waals surface area contributed by atoms with Crippen LogP contribution < -0.4 is 0 Å². The standard InChI is InChI=1S/C14H12O2S/c1-2-16-13(15)8-4-7-11-5-3-6-12-9-10-17-14(11)12/h3,5-6,9-10H,2,8H2,1H3. The number of esters is 1. The zero-order valence-corrected chi connectivity index (χ0v) is 10.3. The van der Waals surface area contributed by atoms with Crippen molar-refractivity contribution in [2.75, 3.05) is 6.61 Å². The van der Waals surface area contributed by atoms with Crippen LogP contribution in [-0.4, -0.2) is 12.6 Å². The molecule has 2 nitrogen and oxygen atoms in total. The summed E-state index contributed by atoms with van der Waals surface area (Å²) in [7, 11) is 0. The lowest BCUT2D eigenvalue weighted by Gasteiger charge is -1.95. The highest BCUT2D eigenvalue weighted by Crippen LogP contribution is 2.23. The summed E-state index contributed by atoms with van der Waals surface area (Å²) >= 11 is 1.66. The molecule has 0 saturated heterocycles. The second-order valence-corrected chi connectivity index (χ2v) is 4.34. The summed E-state index contributed by atoms with van der Waals surface area (Å²) in [6, 6.07) is 8.07. The molecule has 86 valence electrons. The maximum atomic E-state index is 11.1. The minimum absolute atomic E-state index is 0.148. The van der Waals surface area contributed by atoms with Gasteiger partial charge in [0.2, 0.25) is 0 Å². The zero-order valence-electron chi connectivity index (χ0n) is 9.53. The van der Waals surface area contributed by atoms with Crippen molar-refractivity contribution in [1.82, 2.24) is 0 Å². The van der Waals surface area contributed by atoms with Gasteiger partial charge < -0.3 is 4.74 Å². The third-order valence-corrected chi connectivity index (χ3v) is 3.20. The minimum Gasteiger partial charge on any atom is -0.465 e. The van der Waals surface area contributed by atoms with E-state index in [9.17, 15) is 4.79 Å². The molecule has 0 fully saturated rings. The van der Waals surface area contributed by atoms with E-state index < -0.39 is 0 Å². The Balaban J connectivity index is 2.16. The van der Waals surface area contributed by atoms with Gasteiger partial charge in [-0.1, -0.05) is 24.0 Å². The molecule has 0 atom stereocenters. The third kappa shape index (κ3) is 2.86. The number of rotatable bonds is 2. The molecule has 3 heteroatoms. The normalized spacial score (nSPS) is 9.71. The van der Waals surface area contributed by atoms with Crippen molar-refractivity contribution in [3.05, 3.63) is 35.2 Å². The summed E-state index contributed by atoms with van der Waals surface area (Å²) in [5.41, 5.74) is 0.974. The van der Waals surface area contributed by atoms with Crippen molar-refractivity contribution in [2.24, 2.45) is 0 Å². The summed E-state index contributed by atoms with van der Waals surface area (Å²) in [5.74, 6) is 5.61. The monoisotopic (exact) mass is 244 g/mol. The number of fused-ring (bicyclic) bond motifs is 1. The van der Waals surface area contributed by atoms with Crippen LogP contribution in [0.4, 0.5) is 0 Å². The predicted molar refractivity (Wildman–Crippen MR) is 70.0 cm³/mol. The Morgan fingerprint density at radius 2 is 2.29 bits per heavy atom. The Kier molecular flexibility index (Phi) is 3.79. The van der Waals surface area contributed by atoms with E-state index >= 15 is 0 Å². The van der Waals surface area contributed by atoms with Crippen molar-refractivity contribution < 1.29 is 9.53 Å². The van der Waals surface area contributed by atoms with Crippen LogP contribution in [0.15, 0.2) is 29.6 Å². The smallest absolute Gasteiger partial charge is 0.317 e. The van der Waals surface area contributed by atoms with Gasteiger partial charge in [-0.2, -0.15) is 0 Å². The third-order valence-electron chi connectivity index (χ3n) is 2.24. The number of hydrogen-bond donors (Lipinski definition) is 0. The second-order valence-electron chi connectivity index (χ2n) is 3.43. The molecule has 0 aliphatic rings. The molecule has 0 saturated carbocycles. The first-order valence-electron chi connectivity index (χ1n) is 5.42. The van der Waals surface area contributed by atoms with Crippen LogP contribution in [0.25, 0.3) is 10.1 Å². The second kappa shape index (κ2) is 5.51. The van der Waals surface area contributed by atoms with E-state index in [1.54, 1.807) is 18.3 Å². The molecular formula is C14H12O2S. The van der Waals surface area contributed by atoms with Gasteiger partial charge in [0.1, 0.15) is 6.42 Å². The van der Waals surface area contributed by atoms with E-state index in [2.05, 4.69) is 24.0 Å². The fraction of sp³-hybridized carbons (Fsp3) is 0.214. The molecule has 0 unspecified atom stereocenters. The van der Waals surface area contributed by atoms with Crippen molar-refractivity contribution in [3.63, 3.8) is 0 Å². The first kappa shape index (κ1) is 11.7. The number of carbonyl (C=O) groups excluding carboxylic acids is 1. The Morgan fingerprint density at radius 3 is 3.12 bits per heavy atom. The van der Waals surface area contributed by atoms with Gasteiger partial charge in [0.25, 0.3) is 0 Å². The van der Waals surface area contributed by atoms with Crippen molar-refractivity contribution in [1.29, 1.82) is 0 Å². The number of carbonyl (C=O) groups is 1. The number of hydrogen-bond acceptors (Lipinski definition) is 3. The van der Waals surface area contributed by atoms with E-state index in [4.69, 9.17) is 4.74 Å². The highest BCUT2D eigenvalue weighted by Gasteiger charge is 1.99. The lowest BCUT2D eigenvalue weighted by molar-refractivity contribution is -0.141. The Bertz CT molecular complexity index is 587. The van der Waals surface area contributed by atoms with Gasteiger partial charge >= 0.3 is 5.97 Å². The van der Waals surface area contributed by atoms with E-state index in [1.807, 2.05) is 17.5 Å². The maximum absolute atomic E-state index is 11.1. The van der Waals surface area contributed by atoms with E-state index in [1.165, 1.54) is 10.1 Å². The lowest BCUT2D eigenvalue weighted by atomic mass is 10.2. The van der Waals surface area contributed by atoms with E-state index in [-0.39, 0.29) is 12.4 Å². The van der Waals surface area contributed by atoms with Crippen LogP contribution in [0.2, 0.25) is 0 Å². The summed E-state index contributed by atoms with van der Waals surface area (Å²) in [6.07, 6.45) is 0.148. The molecule has 1 aromatic heterocycles. The number of thiophene rings is 1. The first-order valence-corrected chi connectivity index (χ1v) is 6.30. The Hall–Kier alpha value is -1.79. The van der Waals surface area contributed by atoms with Crippen molar-refractivity contribution in [2.45, 2.75) is 13.3 Å². The highest BCUT2D eigenvalue weighted by molar-refractivity contribution is 7.17.